The summed E-state index contributed by atoms with van der Waals surface area (Å²) in [5.41, 5.74) is 13.6. The largest absolute Gasteiger partial charge is 0.349 e. The smallest absolute Gasteiger partial charge is 0.327 e. The second-order valence-corrected chi connectivity index (χ2v) is 14.5. The van der Waals surface area contributed by atoms with Crippen molar-refractivity contribution in [1.29, 1.82) is 0 Å². The molecule has 0 spiro atoms. The van der Waals surface area contributed by atoms with E-state index in [2.05, 4.69) is 86.7 Å². The zero-order valence-corrected chi connectivity index (χ0v) is 29.3. The normalized spacial score (nSPS) is 18.9. The summed E-state index contributed by atoms with van der Waals surface area (Å²) in [6.45, 7) is 4.77. The third-order valence-corrected chi connectivity index (χ3v) is 10.2. The molecular weight excluding hydrogens is 604 g/mol. The number of fused-ring (bicyclic) bond motifs is 1. The zero-order valence-electron chi connectivity index (χ0n) is 29.3. The summed E-state index contributed by atoms with van der Waals surface area (Å²) in [7, 11) is 0. The van der Waals surface area contributed by atoms with Crippen molar-refractivity contribution in [3.05, 3.63) is 114 Å². The van der Waals surface area contributed by atoms with Gasteiger partial charge in [0, 0.05) is 36.3 Å². The minimum atomic E-state index is -0.128. The number of amides is 2. The second-order valence-electron chi connectivity index (χ2n) is 14.5. The third-order valence-electron chi connectivity index (χ3n) is 10.2. The Morgan fingerprint density at radius 3 is 2.43 bits per heavy atom. The van der Waals surface area contributed by atoms with E-state index in [4.69, 9.17) is 10.8 Å². The van der Waals surface area contributed by atoms with Crippen molar-refractivity contribution in [2.75, 3.05) is 11.4 Å². The first kappa shape index (κ1) is 34.6. The molecule has 6 nitrogen and oxygen atoms in total. The number of nitrogens with zero attached hydrogens (tertiary/aromatic N) is 3. The number of nitrogens with two attached hydrogens (primary N) is 1. The number of hydrogen-bond donors (Lipinski definition) is 1. The molecule has 256 valence electrons. The van der Waals surface area contributed by atoms with Crippen LogP contribution in [0.2, 0.25) is 0 Å². The van der Waals surface area contributed by atoms with Gasteiger partial charge in [0.15, 0.2) is 0 Å². The van der Waals surface area contributed by atoms with Crippen LogP contribution in [-0.4, -0.2) is 35.1 Å². The van der Waals surface area contributed by atoms with Crippen LogP contribution in [0.5, 0.6) is 0 Å². The lowest BCUT2D eigenvalue weighted by molar-refractivity contribution is -0.119. The maximum atomic E-state index is 14.8. The van der Waals surface area contributed by atoms with Crippen molar-refractivity contribution >= 4 is 34.5 Å². The average molecular weight is 657 g/mol. The number of carbonyl (C=O) groups excluding carboxylic acids is 2. The van der Waals surface area contributed by atoms with Gasteiger partial charge in [-0.2, -0.15) is 5.10 Å². The Balaban J connectivity index is 1.26. The van der Waals surface area contributed by atoms with Gasteiger partial charge < -0.3 is 5.73 Å². The fraction of sp³-hybridized carbons (Fsp3) is 0.419. The van der Waals surface area contributed by atoms with E-state index in [1.807, 2.05) is 29.2 Å². The first-order valence-electron chi connectivity index (χ1n) is 18.4. The molecule has 0 saturated heterocycles. The van der Waals surface area contributed by atoms with E-state index >= 15 is 0 Å². The summed E-state index contributed by atoms with van der Waals surface area (Å²) in [6, 6.07) is 26.9. The number of Topliss-reactive ketones (excluding diaryl/α,β-unsaturated/α-hetero) is 1. The van der Waals surface area contributed by atoms with Crippen LogP contribution in [0.4, 0.5) is 16.2 Å². The summed E-state index contributed by atoms with van der Waals surface area (Å²) in [5.74, 6) is 1.19. The van der Waals surface area contributed by atoms with E-state index in [1.165, 1.54) is 30.4 Å². The molecule has 2 N–H and O–H groups in total. The van der Waals surface area contributed by atoms with Crippen LogP contribution >= 0.6 is 0 Å². The third kappa shape index (κ3) is 8.66. The molecule has 1 saturated carbocycles. The van der Waals surface area contributed by atoms with Crippen molar-refractivity contribution in [3.8, 4) is 0 Å². The van der Waals surface area contributed by atoms with Crippen LogP contribution < -0.4 is 10.6 Å². The molecule has 1 fully saturated rings. The lowest BCUT2D eigenvalue weighted by Gasteiger charge is -2.30. The quantitative estimate of drug-likeness (QED) is 0.199. The first-order chi connectivity index (χ1) is 23.9. The van der Waals surface area contributed by atoms with Gasteiger partial charge in [0.25, 0.3) is 0 Å². The van der Waals surface area contributed by atoms with Crippen molar-refractivity contribution < 1.29 is 9.59 Å². The molecular formula is C43H52N4O2. The number of rotatable bonds is 13. The number of aryl methyl sites for hydroxylation is 1. The van der Waals surface area contributed by atoms with Crippen LogP contribution in [0.1, 0.15) is 94.7 Å². The maximum absolute atomic E-state index is 14.8. The molecule has 2 atom stereocenters. The number of carbonyl (C=O) groups is 2. The standard InChI is InChI=1S/C43H52N4O2/c1-31(2)28-36(44)29-38(48)20-13-14-32-24-26-37(27-25-32)47-41-23-12-11-22-40(41)42(34-17-7-4-8-18-34)45-46(43(47)49)30-35-19-9-10-21-39(35)33-15-5-3-6-16-33/h3,5-6,9-12,15-16,21-27,31,34-36H,4,7-8,13-14,17-20,28-30,44H2,1-2H3/t35?,36-/m0/s1. The van der Waals surface area contributed by atoms with Gasteiger partial charge in [-0.25, -0.2) is 9.80 Å². The number of allylic oxidation sites excluding steroid dienone is 3. The number of hydrazone groups is 1. The minimum absolute atomic E-state index is 0.0569. The number of anilines is 2. The fourth-order valence-corrected chi connectivity index (χ4v) is 7.78. The fourth-order valence-electron chi connectivity index (χ4n) is 7.78. The number of ketones is 1. The maximum Gasteiger partial charge on any atom is 0.349 e. The van der Waals surface area contributed by atoms with E-state index in [-0.39, 0.29) is 23.8 Å². The number of benzene rings is 3. The number of hydrogen-bond acceptors (Lipinski definition) is 4. The summed E-state index contributed by atoms with van der Waals surface area (Å²) in [4.78, 5) is 29.2. The zero-order chi connectivity index (χ0) is 34.2. The van der Waals surface area contributed by atoms with Gasteiger partial charge in [-0.15, -0.1) is 0 Å². The predicted molar refractivity (Wildman–Crippen MR) is 202 cm³/mol. The van der Waals surface area contributed by atoms with Crippen LogP contribution in [0.25, 0.3) is 5.57 Å². The Hall–Kier alpha value is -4.29. The second kappa shape index (κ2) is 16.4. The molecule has 2 aliphatic carbocycles. The molecule has 0 aromatic heterocycles. The van der Waals surface area contributed by atoms with E-state index in [0.29, 0.717) is 31.2 Å². The molecule has 3 aromatic rings. The lowest BCUT2D eigenvalue weighted by Crippen LogP contribution is -2.40. The van der Waals surface area contributed by atoms with Crippen molar-refractivity contribution in [2.24, 2.45) is 28.6 Å². The average Bonchev–Trinajstić information content (AvgIpc) is 3.23. The molecule has 0 bridgehead atoms. The van der Waals surface area contributed by atoms with E-state index in [0.717, 1.165) is 66.7 Å². The Labute approximate surface area is 292 Å². The van der Waals surface area contributed by atoms with Gasteiger partial charge in [-0.05, 0) is 79.3 Å². The molecule has 3 aliphatic rings. The molecule has 3 aromatic carbocycles. The molecule has 1 unspecified atom stereocenters. The van der Waals surface area contributed by atoms with Gasteiger partial charge >= 0.3 is 6.03 Å². The van der Waals surface area contributed by atoms with Crippen LogP contribution in [0.3, 0.4) is 0 Å². The van der Waals surface area contributed by atoms with Crippen LogP contribution in [0, 0.1) is 17.8 Å². The highest BCUT2D eigenvalue weighted by Crippen LogP contribution is 2.39. The topological polar surface area (TPSA) is 79.0 Å². The highest BCUT2D eigenvalue weighted by molar-refractivity contribution is 6.13. The molecule has 49 heavy (non-hydrogen) atoms. The summed E-state index contributed by atoms with van der Waals surface area (Å²) < 4.78 is 0. The summed E-state index contributed by atoms with van der Waals surface area (Å²) in [6.07, 6.45) is 16.7. The van der Waals surface area contributed by atoms with Gasteiger partial charge in [0.1, 0.15) is 5.78 Å². The van der Waals surface area contributed by atoms with Crippen molar-refractivity contribution in [2.45, 2.75) is 90.5 Å². The molecule has 0 radical (unpaired) electrons. The Bertz CT molecular complexity index is 1670. The lowest BCUT2D eigenvalue weighted by atomic mass is 9.83. The van der Waals surface area contributed by atoms with Gasteiger partial charge in [-0.3, -0.25) is 9.69 Å². The molecule has 6 heteroatoms. The summed E-state index contributed by atoms with van der Waals surface area (Å²) in [5, 5.41) is 7.05. The monoisotopic (exact) mass is 656 g/mol. The van der Waals surface area contributed by atoms with Crippen LogP contribution in [0.15, 0.2) is 102 Å². The predicted octanol–water partition coefficient (Wildman–Crippen LogP) is 9.86. The number of para-hydroxylation sites is 1. The molecule has 2 amide bonds. The van der Waals surface area contributed by atoms with Gasteiger partial charge in [0.05, 0.1) is 23.6 Å². The summed E-state index contributed by atoms with van der Waals surface area (Å²) >= 11 is 0. The van der Waals surface area contributed by atoms with E-state index in [1.54, 1.807) is 5.01 Å². The number of urea groups is 1. The van der Waals surface area contributed by atoms with Crippen molar-refractivity contribution in [3.63, 3.8) is 0 Å². The SMILES string of the molecule is CC(C)C[C@H](N)CC(=O)CCCc1ccc(N2C(=O)N(CC3CC=CC=C3c3ccccc3)N=C(C3CCCCC3)c3ccccc32)cc1. The highest BCUT2D eigenvalue weighted by atomic mass is 16.2. The van der Waals surface area contributed by atoms with E-state index in [9.17, 15) is 9.59 Å². The first-order valence-corrected chi connectivity index (χ1v) is 18.4. The molecule has 1 aliphatic heterocycles. The Kier molecular flexibility index (Phi) is 11.6. The minimum Gasteiger partial charge on any atom is -0.327 e. The van der Waals surface area contributed by atoms with Gasteiger partial charge in [0.2, 0.25) is 0 Å². The van der Waals surface area contributed by atoms with Gasteiger partial charge in [-0.1, -0.05) is 112 Å². The van der Waals surface area contributed by atoms with Crippen LogP contribution in [-0.2, 0) is 11.2 Å². The van der Waals surface area contributed by atoms with E-state index < -0.39 is 0 Å². The van der Waals surface area contributed by atoms with Crippen molar-refractivity contribution in [1.82, 2.24) is 5.01 Å². The molecule has 1 heterocycles. The molecule has 6 rings (SSSR count). The Morgan fingerprint density at radius 1 is 0.939 bits per heavy atom. The Morgan fingerprint density at radius 2 is 1.67 bits per heavy atom. The highest BCUT2D eigenvalue weighted by Gasteiger charge is 2.35.